The lowest BCUT2D eigenvalue weighted by atomic mass is 10.2. The molecule has 0 fully saturated rings. The molecule has 0 unspecified atom stereocenters. The maximum Gasteiger partial charge on any atom is 0.355 e. The SMILES string of the molecule is CCn1c(C(=O)OCc2n[nH]c(=O)[nH]2)cc2ccccc21. The van der Waals surface area contributed by atoms with E-state index in [1.807, 2.05) is 35.8 Å². The fourth-order valence-corrected chi connectivity index (χ4v) is 2.30. The van der Waals surface area contributed by atoms with Gasteiger partial charge in [0.05, 0.1) is 0 Å². The van der Waals surface area contributed by atoms with Crippen molar-refractivity contribution in [3.63, 3.8) is 0 Å². The Hall–Kier alpha value is -2.83. The van der Waals surface area contributed by atoms with Gasteiger partial charge in [0, 0.05) is 17.4 Å². The first-order chi connectivity index (χ1) is 10.2. The molecule has 0 saturated carbocycles. The topological polar surface area (TPSA) is 92.8 Å². The van der Waals surface area contributed by atoms with Gasteiger partial charge in [-0.25, -0.2) is 14.7 Å². The molecule has 0 spiro atoms. The maximum atomic E-state index is 12.2. The molecule has 3 rings (SSSR count). The second-order valence-electron chi connectivity index (χ2n) is 4.53. The number of nitrogens with one attached hydrogen (secondary N) is 2. The Balaban J connectivity index is 1.85. The Morgan fingerprint density at radius 2 is 2.19 bits per heavy atom. The number of aromatic nitrogens is 4. The van der Waals surface area contributed by atoms with Gasteiger partial charge >= 0.3 is 11.7 Å². The number of carbonyl (C=O) groups is 1. The smallest absolute Gasteiger partial charge is 0.355 e. The van der Waals surface area contributed by atoms with Gasteiger partial charge in [-0.2, -0.15) is 5.10 Å². The van der Waals surface area contributed by atoms with E-state index in [9.17, 15) is 9.59 Å². The fourth-order valence-electron chi connectivity index (χ4n) is 2.30. The minimum atomic E-state index is -0.447. The number of hydrogen-bond acceptors (Lipinski definition) is 4. The fraction of sp³-hybridized carbons (Fsp3) is 0.214. The molecule has 2 heterocycles. The Labute approximate surface area is 119 Å². The van der Waals surface area contributed by atoms with Gasteiger partial charge in [-0.1, -0.05) is 18.2 Å². The van der Waals surface area contributed by atoms with E-state index in [1.54, 1.807) is 6.07 Å². The molecule has 1 aromatic carbocycles. The summed E-state index contributed by atoms with van der Waals surface area (Å²) < 4.78 is 7.08. The van der Waals surface area contributed by atoms with Crippen molar-refractivity contribution in [2.45, 2.75) is 20.1 Å². The molecule has 0 radical (unpaired) electrons. The van der Waals surface area contributed by atoms with Crippen molar-refractivity contribution in [2.24, 2.45) is 0 Å². The Morgan fingerprint density at radius 3 is 2.90 bits per heavy atom. The van der Waals surface area contributed by atoms with Crippen LogP contribution < -0.4 is 5.69 Å². The minimum Gasteiger partial charge on any atom is -0.453 e. The summed E-state index contributed by atoms with van der Waals surface area (Å²) >= 11 is 0. The summed E-state index contributed by atoms with van der Waals surface area (Å²) in [5, 5.41) is 6.89. The third-order valence-corrected chi connectivity index (χ3v) is 3.23. The van der Waals surface area contributed by atoms with E-state index in [4.69, 9.17) is 4.74 Å². The monoisotopic (exact) mass is 286 g/mol. The Kier molecular flexibility index (Phi) is 3.31. The van der Waals surface area contributed by atoms with Crippen LogP contribution in [-0.4, -0.2) is 25.7 Å². The largest absolute Gasteiger partial charge is 0.453 e. The van der Waals surface area contributed by atoms with Crippen LogP contribution in [0.4, 0.5) is 0 Å². The van der Waals surface area contributed by atoms with E-state index >= 15 is 0 Å². The molecule has 7 heteroatoms. The number of aromatic amines is 2. The van der Waals surface area contributed by atoms with Crippen LogP contribution in [0.15, 0.2) is 35.1 Å². The quantitative estimate of drug-likeness (QED) is 0.709. The lowest BCUT2D eigenvalue weighted by Crippen LogP contribution is -2.12. The van der Waals surface area contributed by atoms with Crippen molar-refractivity contribution >= 4 is 16.9 Å². The van der Waals surface area contributed by atoms with Gasteiger partial charge < -0.3 is 9.30 Å². The molecule has 0 saturated heterocycles. The van der Waals surface area contributed by atoms with Crippen LogP contribution in [0.2, 0.25) is 0 Å². The number of para-hydroxylation sites is 1. The number of esters is 1. The average Bonchev–Trinajstić information content (AvgIpc) is 3.07. The normalized spacial score (nSPS) is 10.9. The third-order valence-electron chi connectivity index (χ3n) is 3.23. The zero-order valence-electron chi connectivity index (χ0n) is 11.4. The van der Waals surface area contributed by atoms with Crippen LogP contribution in [0.5, 0.6) is 0 Å². The molecule has 0 aliphatic carbocycles. The van der Waals surface area contributed by atoms with Crippen LogP contribution >= 0.6 is 0 Å². The van der Waals surface area contributed by atoms with Crippen molar-refractivity contribution in [1.82, 2.24) is 19.7 Å². The summed E-state index contributed by atoms with van der Waals surface area (Å²) in [7, 11) is 0. The zero-order valence-corrected chi connectivity index (χ0v) is 11.4. The molecule has 0 aliphatic heterocycles. The van der Waals surface area contributed by atoms with Crippen molar-refractivity contribution < 1.29 is 9.53 Å². The molecule has 0 bridgehead atoms. The van der Waals surface area contributed by atoms with Gasteiger partial charge in [-0.3, -0.25) is 4.98 Å². The molecule has 21 heavy (non-hydrogen) atoms. The van der Waals surface area contributed by atoms with Crippen molar-refractivity contribution in [1.29, 1.82) is 0 Å². The highest BCUT2D eigenvalue weighted by atomic mass is 16.5. The van der Waals surface area contributed by atoms with Gasteiger partial charge in [0.15, 0.2) is 12.4 Å². The van der Waals surface area contributed by atoms with E-state index < -0.39 is 11.7 Å². The zero-order chi connectivity index (χ0) is 14.8. The highest BCUT2D eigenvalue weighted by Crippen LogP contribution is 2.20. The van der Waals surface area contributed by atoms with Gasteiger partial charge in [-0.05, 0) is 19.1 Å². The first-order valence-electron chi connectivity index (χ1n) is 6.58. The first kappa shape index (κ1) is 13.2. The van der Waals surface area contributed by atoms with Crippen molar-refractivity contribution in [3.8, 4) is 0 Å². The molecular weight excluding hydrogens is 272 g/mol. The summed E-state index contributed by atoms with van der Waals surface area (Å²) in [6, 6.07) is 9.56. The second-order valence-corrected chi connectivity index (χ2v) is 4.53. The highest BCUT2D eigenvalue weighted by Gasteiger charge is 2.16. The molecule has 3 aromatic rings. The number of nitrogens with zero attached hydrogens (tertiary/aromatic N) is 2. The molecular formula is C14H14N4O3. The second kappa shape index (κ2) is 5.28. The van der Waals surface area contributed by atoms with Crippen molar-refractivity contribution in [2.75, 3.05) is 0 Å². The third kappa shape index (κ3) is 2.45. The van der Waals surface area contributed by atoms with E-state index in [0.717, 1.165) is 10.9 Å². The summed E-state index contributed by atoms with van der Waals surface area (Å²) in [4.78, 5) is 25.5. The molecule has 2 N–H and O–H groups in total. The first-order valence-corrected chi connectivity index (χ1v) is 6.58. The minimum absolute atomic E-state index is 0.0805. The molecule has 0 amide bonds. The molecule has 2 aromatic heterocycles. The number of hydrogen-bond donors (Lipinski definition) is 2. The van der Waals surface area contributed by atoms with Crippen molar-refractivity contribution in [3.05, 3.63) is 52.3 Å². The number of rotatable bonds is 4. The number of fused-ring (bicyclic) bond motifs is 1. The highest BCUT2D eigenvalue weighted by molar-refractivity contribution is 5.95. The summed E-state index contributed by atoms with van der Waals surface area (Å²) in [5.41, 5.74) is 1.04. The van der Waals surface area contributed by atoms with Gasteiger partial charge in [-0.15, -0.1) is 0 Å². The van der Waals surface area contributed by atoms with E-state index in [2.05, 4.69) is 15.2 Å². The molecule has 0 aliphatic rings. The van der Waals surface area contributed by atoms with E-state index in [1.165, 1.54) is 0 Å². The van der Waals surface area contributed by atoms with Crippen LogP contribution in [0.3, 0.4) is 0 Å². The Morgan fingerprint density at radius 1 is 1.38 bits per heavy atom. The molecule has 7 nitrogen and oxygen atoms in total. The number of aryl methyl sites for hydroxylation is 1. The van der Waals surface area contributed by atoms with Gasteiger partial charge in [0.25, 0.3) is 0 Å². The lowest BCUT2D eigenvalue weighted by molar-refractivity contribution is 0.0450. The van der Waals surface area contributed by atoms with Gasteiger partial charge in [0.2, 0.25) is 0 Å². The number of carbonyl (C=O) groups excluding carboxylic acids is 1. The Bertz CT molecular complexity index is 843. The van der Waals surface area contributed by atoms with Crippen LogP contribution in [0.25, 0.3) is 10.9 Å². The molecule has 108 valence electrons. The number of benzene rings is 1. The summed E-state index contributed by atoms with van der Waals surface area (Å²) in [5.74, 6) is -0.163. The standard InChI is InChI=1S/C14H14N4O3/c1-2-18-10-6-4-3-5-9(10)7-11(18)13(19)21-8-12-15-14(20)17-16-12/h3-7H,2,8H2,1H3,(H2,15,16,17,20). The number of H-pyrrole nitrogens is 2. The van der Waals surface area contributed by atoms with E-state index in [-0.39, 0.29) is 12.4 Å². The lowest BCUT2D eigenvalue weighted by Gasteiger charge is -2.07. The summed E-state index contributed by atoms with van der Waals surface area (Å²) in [6.45, 7) is 2.55. The van der Waals surface area contributed by atoms with Crippen LogP contribution in [-0.2, 0) is 17.9 Å². The number of ether oxygens (including phenoxy) is 1. The van der Waals surface area contributed by atoms with Crippen LogP contribution in [0, 0.1) is 0 Å². The molecule has 0 atom stereocenters. The predicted octanol–water partition coefficient (Wildman–Crippen LogP) is 1.43. The maximum absolute atomic E-state index is 12.2. The predicted molar refractivity (Wildman–Crippen MR) is 75.9 cm³/mol. The average molecular weight is 286 g/mol. The van der Waals surface area contributed by atoms with Gasteiger partial charge in [0.1, 0.15) is 5.69 Å². The summed E-state index contributed by atoms with van der Waals surface area (Å²) in [6.07, 6.45) is 0. The van der Waals surface area contributed by atoms with Crippen LogP contribution in [0.1, 0.15) is 23.2 Å². The van der Waals surface area contributed by atoms with E-state index in [0.29, 0.717) is 12.2 Å².